The number of hydrogen-bond acceptors (Lipinski definition) is 4. The molecule has 3 N–H and O–H groups in total. The number of alkyl halides is 3. The molecule has 3 aromatic rings. The Morgan fingerprint density at radius 3 is 2.33 bits per heavy atom. The molecular formula is C27H25ClF7N5O2. The quantitative estimate of drug-likeness (QED) is 0.281. The maximum atomic E-state index is 14.8. The van der Waals surface area contributed by atoms with Gasteiger partial charge in [0.05, 0.1) is 23.6 Å². The van der Waals surface area contributed by atoms with Gasteiger partial charge in [0, 0.05) is 43.1 Å². The highest BCUT2D eigenvalue weighted by Crippen LogP contribution is 2.37. The molecule has 2 heterocycles. The van der Waals surface area contributed by atoms with Crippen LogP contribution < -0.4 is 11.1 Å². The molecule has 0 saturated heterocycles. The molecule has 1 aliphatic carbocycles. The first-order valence-corrected chi connectivity index (χ1v) is 12.8. The highest BCUT2D eigenvalue weighted by atomic mass is 35.5. The number of nitrogens with zero attached hydrogens (tertiary/aromatic N) is 3. The number of carbonyl (C=O) groups excluding carboxylic acids is 2. The van der Waals surface area contributed by atoms with Gasteiger partial charge in [0.15, 0.2) is 11.6 Å². The molecule has 1 aromatic heterocycles. The minimum Gasteiger partial charge on any atom is -0.335 e. The smallest absolute Gasteiger partial charge is 0.335 e. The summed E-state index contributed by atoms with van der Waals surface area (Å²) in [5.41, 5.74) is 5.49. The second-order valence-electron chi connectivity index (χ2n) is 10.2. The lowest BCUT2D eigenvalue weighted by Crippen LogP contribution is -2.42. The molecule has 2 amide bonds. The van der Waals surface area contributed by atoms with Crippen LogP contribution in [0.5, 0.6) is 0 Å². The minimum atomic E-state index is -4.83. The van der Waals surface area contributed by atoms with Crippen LogP contribution in [-0.4, -0.2) is 38.9 Å². The molecule has 0 spiro atoms. The van der Waals surface area contributed by atoms with Gasteiger partial charge in [-0.15, -0.1) is 12.4 Å². The monoisotopic (exact) mass is 619 g/mol. The van der Waals surface area contributed by atoms with Crippen LogP contribution in [0.1, 0.15) is 36.3 Å². The third-order valence-corrected chi connectivity index (χ3v) is 7.07. The Hall–Kier alpha value is -3.65. The number of hydrogen-bond donors (Lipinski definition) is 2. The molecule has 15 heteroatoms. The molecule has 226 valence electrons. The van der Waals surface area contributed by atoms with E-state index in [-0.39, 0.29) is 84.9 Å². The van der Waals surface area contributed by atoms with E-state index in [9.17, 15) is 40.3 Å². The zero-order valence-corrected chi connectivity index (χ0v) is 22.6. The van der Waals surface area contributed by atoms with Crippen molar-refractivity contribution in [3.63, 3.8) is 0 Å². The number of anilines is 1. The van der Waals surface area contributed by atoms with Crippen LogP contribution in [0.2, 0.25) is 0 Å². The van der Waals surface area contributed by atoms with E-state index in [2.05, 4.69) is 10.3 Å². The van der Waals surface area contributed by atoms with E-state index in [1.165, 1.54) is 17.0 Å². The molecule has 2 aromatic carbocycles. The summed E-state index contributed by atoms with van der Waals surface area (Å²) < 4.78 is 97.9. The van der Waals surface area contributed by atoms with Crippen molar-refractivity contribution < 1.29 is 40.3 Å². The number of fused-ring (bicyclic) bond motifs is 1. The number of rotatable bonds is 7. The number of aromatic nitrogens is 2. The number of carbonyl (C=O) groups is 2. The van der Waals surface area contributed by atoms with Gasteiger partial charge in [-0.2, -0.15) is 13.2 Å². The number of benzene rings is 2. The van der Waals surface area contributed by atoms with Crippen LogP contribution in [-0.2, 0) is 35.3 Å². The molecule has 5 rings (SSSR count). The molecule has 42 heavy (non-hydrogen) atoms. The van der Waals surface area contributed by atoms with E-state index < -0.39 is 47.2 Å². The lowest BCUT2D eigenvalue weighted by Gasteiger charge is -2.30. The lowest BCUT2D eigenvalue weighted by atomic mass is 10.0. The molecule has 0 radical (unpaired) electrons. The van der Waals surface area contributed by atoms with Crippen LogP contribution >= 0.6 is 12.4 Å². The zero-order valence-electron chi connectivity index (χ0n) is 21.8. The van der Waals surface area contributed by atoms with Crippen LogP contribution in [0.25, 0.3) is 11.3 Å². The van der Waals surface area contributed by atoms with Crippen LogP contribution in [0.4, 0.5) is 36.4 Å². The first-order chi connectivity index (χ1) is 19.3. The Morgan fingerprint density at radius 2 is 1.69 bits per heavy atom. The van der Waals surface area contributed by atoms with E-state index in [1.807, 2.05) is 0 Å². The Labute approximate surface area is 241 Å². The number of imidazole rings is 1. The number of amides is 2. The number of halogens is 8. The Bertz CT molecular complexity index is 1520. The Balaban J connectivity index is 0.00000405. The van der Waals surface area contributed by atoms with Gasteiger partial charge in [-0.3, -0.25) is 9.59 Å². The molecule has 1 fully saturated rings. The zero-order chi connectivity index (χ0) is 29.6. The van der Waals surface area contributed by atoms with Gasteiger partial charge in [-0.25, -0.2) is 22.5 Å². The molecule has 1 atom stereocenters. The van der Waals surface area contributed by atoms with E-state index in [4.69, 9.17) is 5.73 Å². The van der Waals surface area contributed by atoms with E-state index in [0.717, 1.165) is 10.6 Å². The van der Waals surface area contributed by atoms with Crippen molar-refractivity contribution >= 4 is 29.9 Å². The molecule has 0 unspecified atom stereocenters. The average Bonchev–Trinajstić information content (AvgIpc) is 3.67. The summed E-state index contributed by atoms with van der Waals surface area (Å²) in [6.45, 7) is -0.670. The van der Waals surface area contributed by atoms with Gasteiger partial charge < -0.3 is 20.5 Å². The van der Waals surface area contributed by atoms with Crippen molar-refractivity contribution in [2.45, 2.75) is 51.0 Å². The maximum absolute atomic E-state index is 14.8. The number of nitrogens with one attached hydrogen (secondary N) is 1. The lowest BCUT2D eigenvalue weighted by molar-refractivity contribution is -0.148. The SMILES string of the molecule is Cl.N[C@@H](CC(=O)N1CCn2c(C(F)(F)F)nc(-c3ccc(NC(=O)C4CC4)c(F)c3)c2C1)Cc1cc(F)c(F)cc1F. The second-order valence-corrected chi connectivity index (χ2v) is 10.2. The largest absolute Gasteiger partial charge is 0.449 e. The van der Waals surface area contributed by atoms with Gasteiger partial charge in [0.2, 0.25) is 17.6 Å². The van der Waals surface area contributed by atoms with Crippen LogP contribution in [0.3, 0.4) is 0 Å². The fourth-order valence-electron chi connectivity index (χ4n) is 4.80. The summed E-state index contributed by atoms with van der Waals surface area (Å²) in [4.78, 5) is 30.0. The number of nitrogens with two attached hydrogens (primary N) is 1. The van der Waals surface area contributed by atoms with Crippen LogP contribution in [0.15, 0.2) is 30.3 Å². The average molecular weight is 620 g/mol. The summed E-state index contributed by atoms with van der Waals surface area (Å²) in [5.74, 6) is -6.80. The first-order valence-electron chi connectivity index (χ1n) is 12.8. The standard InChI is InChI=1S/C27H24F7N5O2.ClH/c28-17-11-19(30)18(29)9-15(17)7-16(35)10-23(40)38-5-6-39-22(12-38)24(37-26(39)27(32,33)34)14-3-4-21(20(31)8-14)36-25(41)13-1-2-13;/h3-4,8-9,11,13,16H,1-2,5-7,10,12,35H2,(H,36,41);1H/t16-;/m1./s1. The van der Waals surface area contributed by atoms with E-state index >= 15 is 0 Å². The predicted octanol–water partition coefficient (Wildman–Crippen LogP) is 5.20. The molecular weight excluding hydrogens is 595 g/mol. The summed E-state index contributed by atoms with van der Waals surface area (Å²) in [5, 5.41) is 2.46. The van der Waals surface area contributed by atoms with Gasteiger partial charge in [0.25, 0.3) is 0 Å². The fourth-order valence-corrected chi connectivity index (χ4v) is 4.80. The summed E-state index contributed by atoms with van der Waals surface area (Å²) in [6, 6.07) is 3.58. The molecule has 0 bridgehead atoms. The normalized spacial score (nSPS) is 15.6. The van der Waals surface area contributed by atoms with Gasteiger partial charge in [0.1, 0.15) is 11.6 Å². The third kappa shape index (κ3) is 6.54. The molecule has 1 aliphatic heterocycles. The Morgan fingerprint density at radius 1 is 1.00 bits per heavy atom. The Kier molecular flexibility index (Phi) is 8.88. The van der Waals surface area contributed by atoms with Crippen molar-refractivity contribution in [3.05, 3.63) is 70.7 Å². The molecule has 2 aliphatic rings. The van der Waals surface area contributed by atoms with Crippen LogP contribution in [0, 0.1) is 29.2 Å². The van der Waals surface area contributed by atoms with Gasteiger partial charge >= 0.3 is 6.18 Å². The summed E-state index contributed by atoms with van der Waals surface area (Å²) >= 11 is 0. The molecule has 1 saturated carbocycles. The predicted molar refractivity (Wildman–Crippen MR) is 139 cm³/mol. The summed E-state index contributed by atoms with van der Waals surface area (Å²) in [7, 11) is 0. The second kappa shape index (κ2) is 11.9. The maximum Gasteiger partial charge on any atom is 0.449 e. The topological polar surface area (TPSA) is 93.2 Å². The highest BCUT2D eigenvalue weighted by molar-refractivity contribution is 5.94. The van der Waals surface area contributed by atoms with Crippen molar-refractivity contribution in [2.24, 2.45) is 11.7 Å². The molecule has 7 nitrogen and oxygen atoms in total. The van der Waals surface area contributed by atoms with E-state index in [0.29, 0.717) is 25.0 Å². The van der Waals surface area contributed by atoms with Crippen molar-refractivity contribution in [3.8, 4) is 11.3 Å². The van der Waals surface area contributed by atoms with Crippen molar-refractivity contribution in [1.82, 2.24) is 14.5 Å². The fraction of sp³-hybridized carbons (Fsp3) is 0.370. The van der Waals surface area contributed by atoms with E-state index in [1.54, 1.807) is 0 Å². The van der Waals surface area contributed by atoms with Crippen molar-refractivity contribution in [2.75, 3.05) is 11.9 Å². The first kappa shape index (κ1) is 31.3. The minimum absolute atomic E-state index is 0. The summed E-state index contributed by atoms with van der Waals surface area (Å²) in [6.07, 6.45) is -4.06. The van der Waals surface area contributed by atoms with Crippen molar-refractivity contribution in [1.29, 1.82) is 0 Å². The van der Waals surface area contributed by atoms with Gasteiger partial charge in [-0.1, -0.05) is 6.07 Å². The third-order valence-electron chi connectivity index (χ3n) is 7.07. The van der Waals surface area contributed by atoms with Gasteiger partial charge in [-0.05, 0) is 43.0 Å². The highest BCUT2D eigenvalue weighted by Gasteiger charge is 2.41.